The van der Waals surface area contributed by atoms with E-state index in [0.717, 1.165) is 71.7 Å². The Bertz CT molecular complexity index is 3190. The number of benzene rings is 5. The Morgan fingerprint density at radius 3 is 1.95 bits per heavy atom. The van der Waals surface area contributed by atoms with E-state index >= 15 is 0 Å². The van der Waals surface area contributed by atoms with Crippen LogP contribution >= 0.6 is 0 Å². The van der Waals surface area contributed by atoms with Crippen molar-refractivity contribution < 1.29 is 68.7 Å². The number of phenolic OH excluding ortho intramolecular Hbond substituents is 2. The van der Waals surface area contributed by atoms with Gasteiger partial charge in [0.05, 0.1) is 38.0 Å². The number of fused-ring (bicyclic) bond motifs is 1. The standard InChI is InChI=1S/C33H23N9O16S3/c1-15-28(32(45)41(40-15)19-5-7-20(8-6-19)59(50,51)52)38-35-18-3-10-22(25(14-18)60(53,54)55)36-39-29-26(61(56,57)58)12-16-2-9-23(30(43)27(16)31(29)44)37-34-17-4-11-24(42(48)49)21(13-17)33(46)47/h2-14,28,43-44H,1H3,(H,46,47)(H,50,51,52)(H,53,54,55)(H,56,57,58)/b37-34+,38-35+,39-36+. The van der Waals surface area contributed by atoms with E-state index in [0.29, 0.717) is 0 Å². The Hall–Kier alpha value is -7.50. The third kappa shape index (κ3) is 8.92. The molecule has 0 spiro atoms. The predicted molar refractivity (Wildman–Crippen MR) is 207 cm³/mol. The van der Waals surface area contributed by atoms with Gasteiger partial charge in [0.15, 0.2) is 17.5 Å². The number of nitro groups is 1. The third-order valence-electron chi connectivity index (χ3n) is 8.37. The summed E-state index contributed by atoms with van der Waals surface area (Å²) >= 11 is 0. The number of rotatable bonds is 12. The van der Waals surface area contributed by atoms with Crippen molar-refractivity contribution >= 4 is 98.5 Å². The average Bonchev–Trinajstić information content (AvgIpc) is 3.46. The molecule has 61 heavy (non-hydrogen) atoms. The van der Waals surface area contributed by atoms with E-state index in [-0.39, 0.29) is 28.2 Å². The molecule has 6 N–H and O–H groups in total. The summed E-state index contributed by atoms with van der Waals surface area (Å²) in [6.07, 6.45) is 0. The molecule has 28 heteroatoms. The number of aromatic hydroxyl groups is 2. The molecule has 1 heterocycles. The number of carbonyl (C=O) groups is 2. The Balaban J connectivity index is 1.33. The molecular formula is C33H23N9O16S3. The lowest BCUT2D eigenvalue weighted by Crippen LogP contribution is -2.29. The van der Waals surface area contributed by atoms with Crippen molar-refractivity contribution in [2.45, 2.75) is 27.7 Å². The molecule has 314 valence electrons. The molecular weight excluding hydrogens is 875 g/mol. The molecule has 6 rings (SSSR count). The first-order chi connectivity index (χ1) is 28.4. The summed E-state index contributed by atoms with van der Waals surface area (Å²) in [5.74, 6) is -4.42. The van der Waals surface area contributed by atoms with Gasteiger partial charge in [-0.25, -0.2) is 4.79 Å². The van der Waals surface area contributed by atoms with E-state index in [2.05, 4.69) is 35.8 Å². The Morgan fingerprint density at radius 2 is 1.34 bits per heavy atom. The van der Waals surface area contributed by atoms with Crippen molar-refractivity contribution in [3.8, 4) is 11.5 Å². The molecule has 0 aromatic heterocycles. The van der Waals surface area contributed by atoms with Crippen LogP contribution in [-0.4, -0.2) is 82.8 Å². The molecule has 1 atom stereocenters. The minimum absolute atomic E-state index is 0.103. The molecule has 25 nitrogen and oxygen atoms in total. The zero-order valence-electron chi connectivity index (χ0n) is 30.1. The van der Waals surface area contributed by atoms with Crippen LogP contribution in [0.3, 0.4) is 0 Å². The van der Waals surface area contributed by atoms with Crippen LogP contribution < -0.4 is 5.01 Å². The van der Waals surface area contributed by atoms with Gasteiger partial charge in [-0.15, -0.1) is 15.3 Å². The topological polar surface area (TPSA) is 391 Å². The molecule has 0 saturated carbocycles. The average molecular weight is 898 g/mol. The van der Waals surface area contributed by atoms with E-state index in [1.807, 2.05) is 0 Å². The molecule has 0 aliphatic carbocycles. The van der Waals surface area contributed by atoms with Gasteiger partial charge in [-0.2, -0.15) is 50.7 Å². The van der Waals surface area contributed by atoms with Crippen LogP contribution in [0.5, 0.6) is 11.5 Å². The summed E-state index contributed by atoms with van der Waals surface area (Å²) in [5, 5.41) is 69.5. The van der Waals surface area contributed by atoms with Crippen molar-refractivity contribution in [2.75, 3.05) is 5.01 Å². The number of hydrogen-bond acceptors (Lipinski definition) is 19. The van der Waals surface area contributed by atoms with E-state index in [1.165, 1.54) is 19.1 Å². The number of carboxylic acids is 1. The number of azo groups is 3. The minimum Gasteiger partial charge on any atom is -0.505 e. The van der Waals surface area contributed by atoms with Gasteiger partial charge in [0.1, 0.15) is 32.4 Å². The Morgan fingerprint density at radius 1 is 0.738 bits per heavy atom. The molecule has 1 aliphatic heterocycles. The highest BCUT2D eigenvalue weighted by molar-refractivity contribution is 7.86. The zero-order valence-corrected chi connectivity index (χ0v) is 32.5. The number of hydrogen-bond donors (Lipinski definition) is 6. The van der Waals surface area contributed by atoms with Gasteiger partial charge in [0.2, 0.25) is 0 Å². The maximum atomic E-state index is 13.1. The lowest BCUT2D eigenvalue weighted by molar-refractivity contribution is -0.385. The minimum atomic E-state index is -5.24. The van der Waals surface area contributed by atoms with Gasteiger partial charge in [-0.05, 0) is 79.0 Å². The van der Waals surface area contributed by atoms with Gasteiger partial charge in [-0.3, -0.25) is 28.6 Å². The highest BCUT2D eigenvalue weighted by Gasteiger charge is 2.35. The van der Waals surface area contributed by atoms with Crippen molar-refractivity contribution in [1.82, 2.24) is 0 Å². The molecule has 5 aromatic carbocycles. The summed E-state index contributed by atoms with van der Waals surface area (Å²) < 4.78 is 102. The quantitative estimate of drug-likeness (QED) is 0.0346. The lowest BCUT2D eigenvalue weighted by Gasteiger charge is -2.12. The molecule has 5 aromatic rings. The van der Waals surface area contributed by atoms with E-state index in [9.17, 15) is 73.9 Å². The van der Waals surface area contributed by atoms with Gasteiger partial charge in [0, 0.05) is 6.07 Å². The van der Waals surface area contributed by atoms with Crippen LogP contribution in [0.15, 0.2) is 129 Å². The number of phenols is 2. The largest absolute Gasteiger partial charge is 0.505 e. The molecule has 0 fully saturated rings. The Kier molecular flexibility index (Phi) is 11.3. The predicted octanol–water partition coefficient (Wildman–Crippen LogP) is 6.30. The fourth-order valence-corrected chi connectivity index (χ4v) is 7.31. The van der Waals surface area contributed by atoms with Gasteiger partial charge in [0.25, 0.3) is 41.9 Å². The van der Waals surface area contributed by atoms with Crippen LogP contribution in [0.25, 0.3) is 10.8 Å². The Labute approximate surface area is 340 Å². The van der Waals surface area contributed by atoms with Crippen molar-refractivity contribution in [1.29, 1.82) is 0 Å². The van der Waals surface area contributed by atoms with Crippen LogP contribution in [0.4, 0.5) is 39.8 Å². The van der Waals surface area contributed by atoms with Crippen molar-refractivity contribution in [3.63, 3.8) is 0 Å². The highest BCUT2D eigenvalue weighted by atomic mass is 32.2. The lowest BCUT2D eigenvalue weighted by atomic mass is 10.1. The first-order valence-electron chi connectivity index (χ1n) is 16.3. The molecule has 1 amide bonds. The normalized spacial score (nSPS) is 15.1. The number of carboxylic acid groups (broad SMARTS) is 1. The summed E-state index contributed by atoms with van der Waals surface area (Å²) in [4.78, 5) is 32.3. The molecule has 0 radical (unpaired) electrons. The van der Waals surface area contributed by atoms with Crippen LogP contribution in [0.1, 0.15) is 17.3 Å². The molecule has 0 bridgehead atoms. The number of aromatic carboxylic acids is 1. The van der Waals surface area contributed by atoms with Crippen molar-refractivity contribution in [3.05, 3.63) is 94.5 Å². The molecule has 1 unspecified atom stereocenters. The number of carbonyl (C=O) groups excluding carboxylic acids is 1. The smallest absolute Gasteiger partial charge is 0.342 e. The second kappa shape index (κ2) is 15.9. The van der Waals surface area contributed by atoms with E-state index in [1.54, 1.807) is 0 Å². The van der Waals surface area contributed by atoms with Crippen molar-refractivity contribution in [2.24, 2.45) is 35.8 Å². The SMILES string of the molecule is CC1=NN(c2ccc(S(=O)(=O)O)cc2)C(=O)C1/N=N/c1ccc(/N=N/c2c(S(=O)(=O)O)cc3ccc(/N=N/c4ccc([N+](=O)[O-])c(C(=O)O)c4)c(O)c3c2O)c(S(=O)(=O)O)c1. The summed E-state index contributed by atoms with van der Waals surface area (Å²) in [6.45, 7) is 1.41. The number of hydrazone groups is 1. The number of nitrogens with zero attached hydrogens (tertiary/aromatic N) is 9. The van der Waals surface area contributed by atoms with E-state index < -0.39 is 113 Å². The fourth-order valence-electron chi connectivity index (χ4n) is 5.53. The highest BCUT2D eigenvalue weighted by Crippen LogP contribution is 2.48. The third-order valence-corrected chi connectivity index (χ3v) is 11.0. The second-order valence-electron chi connectivity index (χ2n) is 12.3. The first-order valence-corrected chi connectivity index (χ1v) is 20.6. The monoisotopic (exact) mass is 897 g/mol. The van der Waals surface area contributed by atoms with Gasteiger partial charge < -0.3 is 15.3 Å². The maximum absolute atomic E-state index is 13.1. The summed E-state index contributed by atoms with van der Waals surface area (Å²) in [6, 6.07) is 11.5. The molecule has 0 saturated heterocycles. The van der Waals surface area contributed by atoms with Gasteiger partial charge >= 0.3 is 5.97 Å². The second-order valence-corrected chi connectivity index (χ2v) is 16.5. The zero-order chi connectivity index (χ0) is 44.8. The summed E-state index contributed by atoms with van der Waals surface area (Å²) in [7, 11) is -15.0. The van der Waals surface area contributed by atoms with Crippen LogP contribution in [-0.2, 0) is 35.1 Å². The van der Waals surface area contributed by atoms with Gasteiger partial charge in [-0.1, -0.05) is 6.07 Å². The van der Waals surface area contributed by atoms with E-state index in [4.69, 9.17) is 0 Å². The summed E-state index contributed by atoms with van der Waals surface area (Å²) in [5.41, 5.74) is -3.89. The first kappa shape index (κ1) is 43.1. The van der Waals surface area contributed by atoms with Crippen LogP contribution in [0, 0.1) is 10.1 Å². The number of anilines is 1. The maximum Gasteiger partial charge on any atom is 0.342 e. The number of nitro benzene ring substituents is 1. The van der Waals surface area contributed by atoms with Crippen LogP contribution in [0.2, 0.25) is 0 Å². The number of amides is 1. The fraction of sp³-hybridized carbons (Fsp3) is 0.0606. The molecule has 1 aliphatic rings.